The van der Waals surface area contributed by atoms with Gasteiger partial charge in [-0.25, -0.2) is 4.79 Å². The summed E-state index contributed by atoms with van der Waals surface area (Å²) in [7, 11) is 0. The Labute approximate surface area is 104 Å². The molecule has 2 amide bonds. The van der Waals surface area contributed by atoms with Crippen LogP contribution in [-0.4, -0.2) is 47.7 Å². The summed E-state index contributed by atoms with van der Waals surface area (Å²) in [5.74, 6) is -1.65. The van der Waals surface area contributed by atoms with Crippen LogP contribution in [0.15, 0.2) is 0 Å². The standard InChI is InChI=1S/C11H16N2O5/c14-8-2-1-7(12-8)9(15)13-11(10(16)17)3-5-18-6-4-11/h7H,1-6H2,(H,12,14)(H,13,15)(H,16,17)/t7-/m1/s1. The van der Waals surface area contributed by atoms with E-state index in [-0.39, 0.29) is 18.7 Å². The number of hydrogen-bond donors (Lipinski definition) is 3. The van der Waals surface area contributed by atoms with Crippen molar-refractivity contribution in [1.29, 1.82) is 0 Å². The highest BCUT2D eigenvalue weighted by Crippen LogP contribution is 2.22. The molecule has 2 heterocycles. The Balaban J connectivity index is 2.02. The fourth-order valence-corrected chi connectivity index (χ4v) is 2.25. The minimum Gasteiger partial charge on any atom is -0.480 e. The summed E-state index contributed by atoms with van der Waals surface area (Å²) in [6, 6.07) is -0.614. The zero-order valence-corrected chi connectivity index (χ0v) is 9.90. The maximum Gasteiger partial charge on any atom is 0.329 e. The van der Waals surface area contributed by atoms with Gasteiger partial charge in [0.25, 0.3) is 0 Å². The molecule has 0 aromatic carbocycles. The largest absolute Gasteiger partial charge is 0.480 e. The summed E-state index contributed by atoms with van der Waals surface area (Å²) in [5.41, 5.74) is -1.26. The second-order valence-electron chi connectivity index (χ2n) is 4.65. The lowest BCUT2D eigenvalue weighted by Gasteiger charge is -2.34. The number of carboxylic acids is 1. The molecular weight excluding hydrogens is 240 g/mol. The SMILES string of the molecule is O=C1CC[C@H](C(=O)NC2(C(=O)O)CCOCC2)N1. The predicted octanol–water partition coefficient (Wildman–Crippen LogP) is -0.985. The number of rotatable bonds is 3. The van der Waals surface area contributed by atoms with Crippen molar-refractivity contribution in [2.24, 2.45) is 0 Å². The van der Waals surface area contributed by atoms with E-state index in [0.717, 1.165) is 0 Å². The van der Waals surface area contributed by atoms with E-state index in [1.165, 1.54) is 0 Å². The fraction of sp³-hybridized carbons (Fsp3) is 0.727. The van der Waals surface area contributed by atoms with Crippen molar-refractivity contribution in [1.82, 2.24) is 10.6 Å². The molecule has 0 unspecified atom stereocenters. The number of hydrogen-bond acceptors (Lipinski definition) is 4. The molecule has 2 saturated heterocycles. The number of carbonyl (C=O) groups is 3. The highest BCUT2D eigenvalue weighted by Gasteiger charge is 2.43. The molecule has 0 saturated carbocycles. The normalized spacial score (nSPS) is 26.4. The molecule has 2 aliphatic heterocycles. The van der Waals surface area contributed by atoms with Crippen molar-refractivity contribution >= 4 is 17.8 Å². The van der Waals surface area contributed by atoms with Crippen molar-refractivity contribution in [3.8, 4) is 0 Å². The molecule has 7 nitrogen and oxygen atoms in total. The van der Waals surface area contributed by atoms with Gasteiger partial charge in [-0.05, 0) is 6.42 Å². The quantitative estimate of drug-likeness (QED) is 0.601. The van der Waals surface area contributed by atoms with Gasteiger partial charge < -0.3 is 20.5 Å². The third-order valence-corrected chi connectivity index (χ3v) is 3.43. The van der Waals surface area contributed by atoms with Crippen LogP contribution < -0.4 is 10.6 Å². The Morgan fingerprint density at radius 3 is 2.56 bits per heavy atom. The fourth-order valence-electron chi connectivity index (χ4n) is 2.25. The number of nitrogens with one attached hydrogen (secondary N) is 2. The van der Waals surface area contributed by atoms with E-state index < -0.39 is 23.5 Å². The second kappa shape index (κ2) is 4.93. The molecule has 0 spiro atoms. The highest BCUT2D eigenvalue weighted by molar-refractivity contribution is 5.94. The monoisotopic (exact) mass is 256 g/mol. The van der Waals surface area contributed by atoms with Crippen molar-refractivity contribution in [2.75, 3.05) is 13.2 Å². The summed E-state index contributed by atoms with van der Waals surface area (Å²) >= 11 is 0. The van der Waals surface area contributed by atoms with Crippen LogP contribution in [0.5, 0.6) is 0 Å². The van der Waals surface area contributed by atoms with Crippen molar-refractivity contribution in [3.63, 3.8) is 0 Å². The topological polar surface area (TPSA) is 105 Å². The maximum atomic E-state index is 11.9. The van der Waals surface area contributed by atoms with E-state index in [9.17, 15) is 19.5 Å². The Kier molecular flexibility index (Phi) is 3.51. The molecule has 7 heteroatoms. The molecule has 100 valence electrons. The van der Waals surface area contributed by atoms with Crippen LogP contribution in [0.2, 0.25) is 0 Å². The van der Waals surface area contributed by atoms with E-state index in [2.05, 4.69) is 10.6 Å². The Morgan fingerprint density at radius 1 is 1.39 bits per heavy atom. The molecule has 0 aliphatic carbocycles. The molecule has 1 atom stereocenters. The van der Waals surface area contributed by atoms with E-state index in [1.807, 2.05) is 0 Å². The molecule has 0 radical (unpaired) electrons. The van der Waals surface area contributed by atoms with Gasteiger partial charge in [-0.2, -0.15) is 0 Å². The van der Waals surface area contributed by atoms with Gasteiger partial charge in [0, 0.05) is 32.5 Å². The molecule has 2 rings (SSSR count). The molecule has 2 aliphatic rings. The van der Waals surface area contributed by atoms with Crippen LogP contribution in [0.4, 0.5) is 0 Å². The van der Waals surface area contributed by atoms with Gasteiger partial charge in [-0.1, -0.05) is 0 Å². The first-order chi connectivity index (χ1) is 8.53. The van der Waals surface area contributed by atoms with Crippen LogP contribution in [-0.2, 0) is 19.1 Å². The lowest BCUT2D eigenvalue weighted by Crippen LogP contribution is -2.60. The smallest absolute Gasteiger partial charge is 0.329 e. The first-order valence-electron chi connectivity index (χ1n) is 5.96. The third-order valence-electron chi connectivity index (χ3n) is 3.43. The highest BCUT2D eigenvalue weighted by atomic mass is 16.5. The number of amides is 2. The zero-order chi connectivity index (χ0) is 13.2. The van der Waals surface area contributed by atoms with Gasteiger partial charge in [0.05, 0.1) is 0 Å². The van der Waals surface area contributed by atoms with Crippen molar-refractivity contribution in [2.45, 2.75) is 37.3 Å². The molecule has 18 heavy (non-hydrogen) atoms. The van der Waals surface area contributed by atoms with Gasteiger partial charge in [0.1, 0.15) is 11.6 Å². The summed E-state index contributed by atoms with van der Waals surface area (Å²) < 4.78 is 5.11. The Hall–Kier alpha value is -1.63. The second-order valence-corrected chi connectivity index (χ2v) is 4.65. The van der Waals surface area contributed by atoms with Crippen LogP contribution in [0.1, 0.15) is 25.7 Å². The maximum absolute atomic E-state index is 11.9. The number of ether oxygens (including phenoxy) is 1. The average molecular weight is 256 g/mol. The predicted molar refractivity (Wildman–Crippen MR) is 59.7 cm³/mol. The molecule has 0 aromatic heterocycles. The summed E-state index contributed by atoms with van der Waals surface area (Å²) in [4.78, 5) is 34.3. The molecule has 0 aromatic rings. The van der Waals surface area contributed by atoms with E-state index in [1.54, 1.807) is 0 Å². The summed E-state index contributed by atoms with van der Waals surface area (Å²) in [6.45, 7) is 0.618. The first kappa shape index (κ1) is 12.8. The van der Waals surface area contributed by atoms with E-state index in [0.29, 0.717) is 26.1 Å². The van der Waals surface area contributed by atoms with Crippen LogP contribution in [0.3, 0.4) is 0 Å². The number of carbonyl (C=O) groups excluding carboxylic acids is 2. The molecule has 0 bridgehead atoms. The zero-order valence-electron chi connectivity index (χ0n) is 9.90. The van der Waals surface area contributed by atoms with Gasteiger partial charge in [0.2, 0.25) is 11.8 Å². The van der Waals surface area contributed by atoms with Crippen LogP contribution in [0, 0.1) is 0 Å². The van der Waals surface area contributed by atoms with Gasteiger partial charge >= 0.3 is 5.97 Å². The average Bonchev–Trinajstić information content (AvgIpc) is 2.77. The molecule has 2 fully saturated rings. The Bertz CT molecular complexity index is 376. The molecule has 3 N–H and O–H groups in total. The van der Waals surface area contributed by atoms with Crippen molar-refractivity contribution in [3.05, 3.63) is 0 Å². The molecular formula is C11H16N2O5. The Morgan fingerprint density at radius 2 is 2.06 bits per heavy atom. The van der Waals surface area contributed by atoms with Crippen LogP contribution >= 0.6 is 0 Å². The van der Waals surface area contributed by atoms with Gasteiger partial charge in [0.15, 0.2) is 0 Å². The van der Waals surface area contributed by atoms with Crippen molar-refractivity contribution < 1.29 is 24.2 Å². The lowest BCUT2D eigenvalue weighted by molar-refractivity contribution is -0.152. The third kappa shape index (κ3) is 2.45. The minimum absolute atomic E-state index is 0.175. The van der Waals surface area contributed by atoms with Gasteiger partial charge in [-0.15, -0.1) is 0 Å². The summed E-state index contributed by atoms with van der Waals surface area (Å²) in [5, 5.41) is 14.4. The summed E-state index contributed by atoms with van der Waals surface area (Å²) in [6.07, 6.45) is 1.21. The number of aliphatic carboxylic acids is 1. The van der Waals surface area contributed by atoms with E-state index in [4.69, 9.17) is 4.74 Å². The minimum atomic E-state index is -1.26. The number of carboxylic acid groups (broad SMARTS) is 1. The lowest BCUT2D eigenvalue weighted by atomic mass is 9.89. The van der Waals surface area contributed by atoms with Gasteiger partial charge in [-0.3, -0.25) is 9.59 Å². The van der Waals surface area contributed by atoms with Crippen LogP contribution in [0.25, 0.3) is 0 Å². The first-order valence-corrected chi connectivity index (χ1v) is 5.96. The van der Waals surface area contributed by atoms with E-state index >= 15 is 0 Å².